The van der Waals surface area contributed by atoms with Gasteiger partial charge in [0.25, 0.3) is 6.33 Å². The third-order valence-corrected chi connectivity index (χ3v) is 10.9. The third kappa shape index (κ3) is 9.08. The fraction of sp³-hybridized carbons (Fsp3) is 0.246. The summed E-state index contributed by atoms with van der Waals surface area (Å²) in [5.41, 5.74) is 6.91. The Labute approximate surface area is 378 Å². The van der Waals surface area contributed by atoms with E-state index in [2.05, 4.69) is 98.4 Å². The van der Waals surface area contributed by atoms with Crippen LogP contribution in [0.1, 0.15) is 84.5 Å². The van der Waals surface area contributed by atoms with Gasteiger partial charge >= 0.3 is 0 Å². The van der Waals surface area contributed by atoms with Crippen LogP contribution in [0.2, 0.25) is 0 Å². The van der Waals surface area contributed by atoms with E-state index in [0.717, 1.165) is 50.0 Å². The highest BCUT2D eigenvalue weighted by Crippen LogP contribution is 2.38. The molecule has 63 heavy (non-hydrogen) atoms. The highest BCUT2D eigenvalue weighted by molar-refractivity contribution is 6.10. The first kappa shape index (κ1) is 36.8. The molecule has 4 heterocycles. The normalized spacial score (nSPS) is 13.7. The molecule has 0 saturated heterocycles. The molecule has 5 aromatic carbocycles. The maximum absolute atomic E-state index is 9.30. The first-order chi connectivity index (χ1) is 31.6. The van der Waals surface area contributed by atoms with E-state index in [4.69, 9.17) is 14.7 Å². The second kappa shape index (κ2) is 16.2. The van der Waals surface area contributed by atoms with Crippen molar-refractivity contribution in [3.05, 3.63) is 181 Å². The number of pyridine rings is 2. The summed E-state index contributed by atoms with van der Waals surface area (Å²) in [5, 5.41) is 2.20. The molecular weight excluding hydrogens is 771 g/mol. The lowest BCUT2D eigenvalue weighted by molar-refractivity contribution is -0.588. The second-order valence-electron chi connectivity index (χ2n) is 19.4. The molecule has 0 unspecified atom stereocenters. The van der Waals surface area contributed by atoms with Crippen molar-refractivity contribution < 1.29 is 14.8 Å². The minimum atomic E-state index is -1.79. The van der Waals surface area contributed by atoms with Gasteiger partial charge in [-0.05, 0) is 106 Å². The quantitative estimate of drug-likeness (QED) is 0.108. The van der Waals surface area contributed by atoms with E-state index in [1.54, 1.807) is 16.8 Å². The average Bonchev–Trinajstić information content (AvgIpc) is 3.88. The Morgan fingerprint density at radius 3 is 1.87 bits per heavy atom. The van der Waals surface area contributed by atoms with E-state index < -0.39 is 23.6 Å². The van der Waals surface area contributed by atoms with Crippen molar-refractivity contribution in [1.82, 2.24) is 19.1 Å². The van der Waals surface area contributed by atoms with Gasteiger partial charge in [0.2, 0.25) is 0 Å². The standard InChI is InChI=1S/C57H57N5O/c1-55(2,3)35-39-28-40(36-56(4,5)6)30-45(29-39)61-38-60(37-52(61)42-18-14-11-15-19-42)53-34-47(25-27-58-53)63-46-21-22-48-49-31-43(41-16-12-10-13-17-41)20-23-50(49)62(51(48)33-46)54-32-44(24-26-59-54)57(7,8)9/h10-34,37H,35-36H2,1-9H3/i35D2,36D2. The molecule has 0 atom stereocenters. The van der Waals surface area contributed by atoms with E-state index in [-0.39, 0.29) is 5.41 Å². The largest absolute Gasteiger partial charge is 0.458 e. The summed E-state index contributed by atoms with van der Waals surface area (Å²) in [5.74, 6) is 2.59. The molecular formula is C57H57N5O. The molecule has 6 heteroatoms. The van der Waals surface area contributed by atoms with Crippen molar-refractivity contribution in [2.45, 2.75) is 80.5 Å². The molecule has 0 aliphatic rings. The number of ether oxygens (including phenoxy) is 1. The fourth-order valence-electron chi connectivity index (χ4n) is 8.11. The molecule has 6 nitrogen and oxygen atoms in total. The number of fused-ring (bicyclic) bond motifs is 3. The first-order valence-corrected chi connectivity index (χ1v) is 21.6. The van der Waals surface area contributed by atoms with Crippen molar-refractivity contribution in [3.8, 4) is 51.2 Å². The number of nitrogens with zero attached hydrogens (tertiary/aromatic N) is 5. The number of hydrogen-bond donors (Lipinski definition) is 0. The van der Waals surface area contributed by atoms with E-state index in [1.165, 1.54) is 5.56 Å². The van der Waals surface area contributed by atoms with Crippen LogP contribution in [0, 0.1) is 17.2 Å². The lowest BCUT2D eigenvalue weighted by Crippen LogP contribution is -2.32. The van der Waals surface area contributed by atoms with Crippen molar-refractivity contribution in [2.75, 3.05) is 0 Å². The lowest BCUT2D eigenvalue weighted by Gasteiger charge is -2.23. The highest BCUT2D eigenvalue weighted by atomic mass is 16.5. The predicted molar refractivity (Wildman–Crippen MR) is 258 cm³/mol. The number of hydrogen-bond acceptors (Lipinski definition) is 3. The van der Waals surface area contributed by atoms with Crippen LogP contribution in [-0.4, -0.2) is 19.1 Å². The van der Waals surface area contributed by atoms with Gasteiger partial charge in [-0.2, -0.15) is 0 Å². The van der Waals surface area contributed by atoms with Gasteiger partial charge in [-0.25, -0.2) is 4.98 Å². The van der Waals surface area contributed by atoms with E-state index in [9.17, 15) is 5.48 Å². The van der Waals surface area contributed by atoms with Gasteiger partial charge in [-0.15, -0.1) is 0 Å². The lowest BCUT2D eigenvalue weighted by atomic mass is 9.84. The molecule has 0 saturated carbocycles. The van der Waals surface area contributed by atoms with Crippen LogP contribution in [0.5, 0.6) is 11.5 Å². The maximum Gasteiger partial charge on any atom is 0.270 e. The summed E-state index contributed by atoms with van der Waals surface area (Å²) in [6.45, 7) is 17.8. The van der Waals surface area contributed by atoms with Crippen LogP contribution in [-0.2, 0) is 18.2 Å². The van der Waals surface area contributed by atoms with Crippen molar-refractivity contribution in [3.63, 3.8) is 0 Å². The van der Waals surface area contributed by atoms with Crippen LogP contribution in [0.4, 0.5) is 0 Å². The number of rotatable bonds is 9. The van der Waals surface area contributed by atoms with Gasteiger partial charge in [0.15, 0.2) is 5.82 Å². The van der Waals surface area contributed by atoms with E-state index >= 15 is 0 Å². The Bertz CT molecular complexity index is 3240. The van der Waals surface area contributed by atoms with Gasteiger partial charge in [0, 0.05) is 47.0 Å². The van der Waals surface area contributed by atoms with Crippen molar-refractivity contribution >= 4 is 21.8 Å². The Balaban J connectivity index is 1.15. The summed E-state index contributed by atoms with van der Waals surface area (Å²) < 4.78 is 49.8. The molecule has 0 fully saturated rings. The van der Waals surface area contributed by atoms with Gasteiger partial charge < -0.3 is 4.74 Å². The Hall–Kier alpha value is -6.79. The Kier molecular flexibility index (Phi) is 9.44. The van der Waals surface area contributed by atoms with Crippen molar-refractivity contribution in [1.29, 1.82) is 0 Å². The SMILES string of the molecule is [2H]C([2H])(c1cc(-[n+]2[c-]n(-c3cc(Oc4ccc5c6cc(-c7ccccc7)ccc6n(-c6cc(C(C)(C)C)ccn6)c5c4)ccn3)cc2-c2ccccc2)cc(C([2H])([2H])C(C)(C)C)c1)C(C)(C)C. The van der Waals surface area contributed by atoms with Crippen molar-refractivity contribution in [2.24, 2.45) is 10.8 Å². The molecule has 0 spiro atoms. The molecule has 0 aliphatic heterocycles. The molecule has 9 aromatic rings. The summed E-state index contributed by atoms with van der Waals surface area (Å²) in [6.07, 6.45) is 5.46. The van der Waals surface area contributed by atoms with Gasteiger partial charge in [0.05, 0.1) is 22.4 Å². The minimum Gasteiger partial charge on any atom is -0.458 e. The molecule has 0 bridgehead atoms. The van der Waals surface area contributed by atoms with Crippen LogP contribution in [0.3, 0.4) is 0 Å². The Morgan fingerprint density at radius 2 is 1.21 bits per heavy atom. The summed E-state index contributed by atoms with van der Waals surface area (Å²) in [6, 6.07) is 46.5. The molecule has 9 rings (SSSR count). The smallest absolute Gasteiger partial charge is 0.270 e. The van der Waals surface area contributed by atoms with Gasteiger partial charge in [-0.3, -0.25) is 18.7 Å². The van der Waals surface area contributed by atoms with Crippen LogP contribution in [0.15, 0.2) is 158 Å². The maximum atomic E-state index is 9.30. The molecule has 0 N–H and O–H groups in total. The van der Waals surface area contributed by atoms with E-state index in [0.29, 0.717) is 34.1 Å². The Morgan fingerprint density at radius 1 is 0.571 bits per heavy atom. The second-order valence-corrected chi connectivity index (χ2v) is 19.4. The van der Waals surface area contributed by atoms with E-state index in [1.807, 2.05) is 125 Å². The molecule has 0 amide bonds. The first-order valence-electron chi connectivity index (χ1n) is 23.6. The van der Waals surface area contributed by atoms with Gasteiger partial charge in [-0.1, -0.05) is 146 Å². The topological polar surface area (TPSA) is 48.8 Å². The number of benzene rings is 5. The monoisotopic (exact) mass is 831 g/mol. The average molecular weight is 832 g/mol. The number of imidazole rings is 1. The van der Waals surface area contributed by atoms with Crippen LogP contribution >= 0.6 is 0 Å². The molecule has 4 aromatic heterocycles. The zero-order valence-electron chi connectivity index (χ0n) is 41.7. The molecule has 0 aliphatic carbocycles. The van der Waals surface area contributed by atoms with Crippen LogP contribution in [0.25, 0.3) is 61.5 Å². The molecule has 316 valence electrons. The summed E-state index contributed by atoms with van der Waals surface area (Å²) >= 11 is 0. The third-order valence-electron chi connectivity index (χ3n) is 10.9. The summed E-state index contributed by atoms with van der Waals surface area (Å²) in [7, 11) is 0. The van der Waals surface area contributed by atoms with Gasteiger partial charge in [0.1, 0.15) is 17.3 Å². The summed E-state index contributed by atoms with van der Waals surface area (Å²) in [4.78, 5) is 9.68. The fourth-order valence-corrected chi connectivity index (χ4v) is 8.11. The molecule has 0 radical (unpaired) electrons. The zero-order valence-corrected chi connectivity index (χ0v) is 37.7. The van der Waals surface area contributed by atoms with Crippen LogP contribution < -0.4 is 9.30 Å². The predicted octanol–water partition coefficient (Wildman–Crippen LogP) is 14.0. The minimum absolute atomic E-state index is 0.0698. The highest BCUT2D eigenvalue weighted by Gasteiger charge is 2.21. The zero-order chi connectivity index (χ0) is 47.7. The number of aromatic nitrogens is 5.